The van der Waals surface area contributed by atoms with Crippen LogP contribution in [0.4, 0.5) is 4.39 Å². The van der Waals surface area contributed by atoms with E-state index in [4.69, 9.17) is 0 Å². The molecule has 0 fully saturated rings. The molecule has 1 atom stereocenters. The van der Waals surface area contributed by atoms with Gasteiger partial charge in [-0.15, -0.1) is 0 Å². The van der Waals surface area contributed by atoms with Crippen LogP contribution in [0, 0.1) is 12.7 Å². The molecule has 2 rings (SSSR count). The molecule has 22 heavy (non-hydrogen) atoms. The van der Waals surface area contributed by atoms with Crippen LogP contribution in [0.25, 0.3) is 0 Å². The van der Waals surface area contributed by atoms with Crippen molar-refractivity contribution >= 4 is 10.0 Å². The van der Waals surface area contributed by atoms with Gasteiger partial charge in [0.2, 0.25) is 10.0 Å². The summed E-state index contributed by atoms with van der Waals surface area (Å²) < 4.78 is 39.4. The number of hydrogen-bond acceptors (Lipinski definition) is 3. The Hall–Kier alpha value is -1.76. The number of hydrogen-bond donors (Lipinski definition) is 2. The maximum Gasteiger partial charge on any atom is 0.215 e. The van der Waals surface area contributed by atoms with Gasteiger partial charge in [-0.25, -0.2) is 17.5 Å². The minimum absolute atomic E-state index is 0.123. The van der Waals surface area contributed by atoms with E-state index in [-0.39, 0.29) is 12.3 Å². The van der Waals surface area contributed by atoms with Crippen molar-refractivity contribution in [2.24, 2.45) is 0 Å². The van der Waals surface area contributed by atoms with Crippen LogP contribution in [-0.4, -0.2) is 20.1 Å². The summed E-state index contributed by atoms with van der Waals surface area (Å²) in [5.41, 5.74) is 1.92. The quantitative estimate of drug-likeness (QED) is 0.857. The number of nitrogens with one attached hydrogen (secondary N) is 1. The highest BCUT2D eigenvalue weighted by Gasteiger charge is 2.16. The van der Waals surface area contributed by atoms with Gasteiger partial charge >= 0.3 is 0 Å². The van der Waals surface area contributed by atoms with Crippen LogP contribution in [0.5, 0.6) is 0 Å². The van der Waals surface area contributed by atoms with Crippen molar-refractivity contribution in [3.8, 4) is 0 Å². The third kappa shape index (κ3) is 4.62. The van der Waals surface area contributed by atoms with E-state index in [1.54, 1.807) is 18.2 Å². The van der Waals surface area contributed by atoms with Gasteiger partial charge in [-0.1, -0.05) is 36.4 Å². The Labute approximate surface area is 129 Å². The van der Waals surface area contributed by atoms with Gasteiger partial charge in [0.05, 0.1) is 11.9 Å². The first-order valence-electron chi connectivity index (χ1n) is 6.83. The van der Waals surface area contributed by atoms with Crippen LogP contribution in [0.2, 0.25) is 0 Å². The zero-order chi connectivity index (χ0) is 16.2. The van der Waals surface area contributed by atoms with Crippen LogP contribution in [-0.2, 0) is 15.8 Å². The number of aliphatic hydroxyl groups excluding tert-OH is 1. The number of sulfonamides is 1. The zero-order valence-corrected chi connectivity index (χ0v) is 13.0. The average Bonchev–Trinajstić information content (AvgIpc) is 2.45. The van der Waals surface area contributed by atoms with Crippen LogP contribution in [0.15, 0.2) is 48.5 Å². The van der Waals surface area contributed by atoms with Crippen LogP contribution in [0.3, 0.4) is 0 Å². The highest BCUT2D eigenvalue weighted by atomic mass is 32.2. The second kappa shape index (κ2) is 7.00. The largest absolute Gasteiger partial charge is 0.387 e. The van der Waals surface area contributed by atoms with Gasteiger partial charge in [0.15, 0.2) is 0 Å². The first kappa shape index (κ1) is 16.6. The fraction of sp³-hybridized carbons (Fsp3) is 0.250. The third-order valence-electron chi connectivity index (χ3n) is 3.29. The van der Waals surface area contributed by atoms with Crippen molar-refractivity contribution in [1.29, 1.82) is 0 Å². The molecule has 1 unspecified atom stereocenters. The van der Waals surface area contributed by atoms with Gasteiger partial charge in [0, 0.05) is 6.54 Å². The number of rotatable bonds is 6. The molecule has 0 aromatic heterocycles. The summed E-state index contributed by atoms with van der Waals surface area (Å²) in [6.45, 7) is 1.72. The van der Waals surface area contributed by atoms with Gasteiger partial charge in [-0.05, 0) is 35.7 Å². The summed E-state index contributed by atoms with van der Waals surface area (Å²) >= 11 is 0. The average molecular weight is 323 g/mol. The number of aryl methyl sites for hydroxylation is 1. The predicted molar refractivity (Wildman–Crippen MR) is 83.2 cm³/mol. The molecule has 0 aliphatic rings. The molecule has 2 aromatic carbocycles. The van der Waals surface area contributed by atoms with E-state index in [1.807, 2.05) is 19.1 Å². The number of aliphatic hydroxyl groups is 1. The van der Waals surface area contributed by atoms with E-state index in [1.165, 1.54) is 18.2 Å². The zero-order valence-electron chi connectivity index (χ0n) is 12.2. The summed E-state index contributed by atoms with van der Waals surface area (Å²) in [6.07, 6.45) is -0.927. The van der Waals surface area contributed by atoms with Crippen molar-refractivity contribution in [3.05, 3.63) is 71.0 Å². The van der Waals surface area contributed by atoms with E-state index in [2.05, 4.69) is 4.72 Å². The maximum atomic E-state index is 13.1. The van der Waals surface area contributed by atoms with Crippen LogP contribution >= 0.6 is 0 Å². The highest BCUT2D eigenvalue weighted by Crippen LogP contribution is 2.17. The van der Waals surface area contributed by atoms with Gasteiger partial charge in [0.1, 0.15) is 5.82 Å². The Morgan fingerprint density at radius 2 is 1.91 bits per heavy atom. The first-order chi connectivity index (χ1) is 10.4. The fourth-order valence-electron chi connectivity index (χ4n) is 2.17. The highest BCUT2D eigenvalue weighted by molar-refractivity contribution is 7.88. The molecule has 2 aromatic rings. The van der Waals surface area contributed by atoms with Gasteiger partial charge in [-0.2, -0.15) is 0 Å². The molecule has 0 aliphatic carbocycles. The Bertz CT molecular complexity index is 747. The lowest BCUT2D eigenvalue weighted by Gasteiger charge is -2.14. The predicted octanol–water partition coefficient (Wildman–Crippen LogP) is 2.29. The molecule has 0 heterocycles. The van der Waals surface area contributed by atoms with E-state index < -0.39 is 21.9 Å². The number of halogens is 1. The molecule has 0 aliphatic heterocycles. The molecule has 0 bridgehead atoms. The SMILES string of the molecule is Cc1ccccc1C(O)CNS(=O)(=O)Cc1cccc(F)c1. The van der Waals surface area contributed by atoms with E-state index in [0.29, 0.717) is 11.1 Å². The van der Waals surface area contributed by atoms with E-state index in [9.17, 15) is 17.9 Å². The molecular weight excluding hydrogens is 305 g/mol. The molecule has 0 saturated carbocycles. The Kier molecular flexibility index (Phi) is 5.28. The third-order valence-corrected chi connectivity index (χ3v) is 4.61. The molecule has 0 spiro atoms. The molecule has 2 N–H and O–H groups in total. The van der Waals surface area contributed by atoms with Crippen molar-refractivity contribution in [3.63, 3.8) is 0 Å². The minimum atomic E-state index is -3.64. The molecule has 6 heteroatoms. The van der Waals surface area contributed by atoms with E-state index in [0.717, 1.165) is 5.56 Å². The summed E-state index contributed by atoms with van der Waals surface area (Å²) in [5, 5.41) is 10.1. The first-order valence-corrected chi connectivity index (χ1v) is 8.48. The molecule has 118 valence electrons. The van der Waals surface area contributed by atoms with E-state index >= 15 is 0 Å². The lowest BCUT2D eigenvalue weighted by molar-refractivity contribution is 0.181. The fourth-order valence-corrected chi connectivity index (χ4v) is 3.31. The summed E-state index contributed by atoms with van der Waals surface area (Å²) in [6, 6.07) is 12.7. The van der Waals surface area contributed by atoms with Crippen molar-refractivity contribution in [1.82, 2.24) is 4.72 Å². The molecular formula is C16H18FNO3S. The topological polar surface area (TPSA) is 66.4 Å². The Morgan fingerprint density at radius 3 is 2.59 bits per heavy atom. The smallest absolute Gasteiger partial charge is 0.215 e. The van der Waals surface area contributed by atoms with Crippen molar-refractivity contribution in [2.45, 2.75) is 18.8 Å². The maximum absolute atomic E-state index is 13.1. The van der Waals surface area contributed by atoms with Crippen LogP contribution < -0.4 is 4.72 Å². The second-order valence-corrected chi connectivity index (χ2v) is 6.92. The monoisotopic (exact) mass is 323 g/mol. The normalized spacial score (nSPS) is 13.0. The van der Waals surface area contributed by atoms with Crippen molar-refractivity contribution < 1.29 is 17.9 Å². The molecule has 0 saturated heterocycles. The summed E-state index contributed by atoms with van der Waals surface area (Å²) in [4.78, 5) is 0. The van der Waals surface area contributed by atoms with Gasteiger partial charge < -0.3 is 5.11 Å². The van der Waals surface area contributed by atoms with Gasteiger partial charge in [0.25, 0.3) is 0 Å². The Balaban J connectivity index is 1.99. The van der Waals surface area contributed by atoms with Gasteiger partial charge in [-0.3, -0.25) is 0 Å². The lowest BCUT2D eigenvalue weighted by atomic mass is 10.0. The van der Waals surface area contributed by atoms with Crippen molar-refractivity contribution in [2.75, 3.05) is 6.54 Å². The standard InChI is InChI=1S/C16H18FNO3S/c1-12-5-2-3-8-15(12)16(19)10-18-22(20,21)11-13-6-4-7-14(17)9-13/h2-9,16,18-19H,10-11H2,1H3. The summed E-state index contributed by atoms with van der Waals surface area (Å²) in [7, 11) is -3.64. The van der Waals surface area contributed by atoms with Crippen LogP contribution in [0.1, 0.15) is 22.8 Å². The molecule has 0 amide bonds. The molecule has 0 radical (unpaired) electrons. The number of benzene rings is 2. The summed E-state index contributed by atoms with van der Waals surface area (Å²) in [5.74, 6) is -0.807. The molecule has 4 nitrogen and oxygen atoms in total. The second-order valence-electron chi connectivity index (χ2n) is 5.11. The Morgan fingerprint density at radius 1 is 1.18 bits per heavy atom. The minimum Gasteiger partial charge on any atom is -0.387 e. The lowest BCUT2D eigenvalue weighted by Crippen LogP contribution is -2.29.